The van der Waals surface area contributed by atoms with Crippen LogP contribution in [0.25, 0.3) is 0 Å². The van der Waals surface area contributed by atoms with Gasteiger partial charge < -0.3 is 4.74 Å². The molecule has 0 spiro atoms. The van der Waals surface area contributed by atoms with Gasteiger partial charge in [-0.3, -0.25) is 9.80 Å². The topological polar surface area (TPSA) is 15.7 Å². The van der Waals surface area contributed by atoms with Crippen molar-refractivity contribution in [1.29, 1.82) is 0 Å². The van der Waals surface area contributed by atoms with Crippen molar-refractivity contribution in [3.63, 3.8) is 0 Å². The third-order valence-corrected chi connectivity index (χ3v) is 4.86. The van der Waals surface area contributed by atoms with Gasteiger partial charge in [0, 0.05) is 45.4 Å². The molecule has 2 aliphatic carbocycles. The molecule has 92 valence electrons. The van der Waals surface area contributed by atoms with Crippen LogP contribution in [0.2, 0.25) is 0 Å². The lowest BCUT2D eigenvalue weighted by Gasteiger charge is -2.48. The smallest absolute Gasteiger partial charge is 0.0601 e. The van der Waals surface area contributed by atoms with E-state index in [0.717, 1.165) is 12.1 Å². The lowest BCUT2D eigenvalue weighted by molar-refractivity contribution is -0.0475. The van der Waals surface area contributed by atoms with Gasteiger partial charge in [0.1, 0.15) is 0 Å². The molecule has 3 aliphatic rings. The van der Waals surface area contributed by atoms with Gasteiger partial charge in [-0.15, -0.1) is 0 Å². The van der Waals surface area contributed by atoms with E-state index < -0.39 is 0 Å². The molecule has 0 bridgehead atoms. The predicted molar refractivity (Wildman–Crippen MR) is 64.6 cm³/mol. The van der Waals surface area contributed by atoms with Gasteiger partial charge in [0.05, 0.1) is 6.10 Å². The highest BCUT2D eigenvalue weighted by atomic mass is 16.5. The molecule has 1 aliphatic heterocycles. The van der Waals surface area contributed by atoms with Crippen LogP contribution in [0.15, 0.2) is 0 Å². The summed E-state index contributed by atoms with van der Waals surface area (Å²) in [7, 11) is 1.84. The van der Waals surface area contributed by atoms with Crippen molar-refractivity contribution in [2.24, 2.45) is 0 Å². The highest BCUT2D eigenvalue weighted by Gasteiger charge is 2.36. The number of hydrogen-bond donors (Lipinski definition) is 0. The van der Waals surface area contributed by atoms with E-state index in [1.165, 1.54) is 58.3 Å². The standard InChI is InChI=1S/C13H24N2O/c1-16-13-9-12(10-13)15-7-5-14(6-8-15)11-3-2-4-11/h11-13H,2-10H2,1H3. The van der Waals surface area contributed by atoms with E-state index in [0.29, 0.717) is 6.10 Å². The lowest BCUT2D eigenvalue weighted by Crippen LogP contribution is -2.57. The second-order valence-electron chi connectivity index (χ2n) is 5.64. The van der Waals surface area contributed by atoms with Crippen LogP contribution in [0.1, 0.15) is 32.1 Å². The fourth-order valence-electron chi connectivity index (χ4n) is 3.25. The number of piperazine rings is 1. The molecular formula is C13H24N2O. The van der Waals surface area contributed by atoms with Crippen LogP contribution in [-0.4, -0.2) is 61.3 Å². The maximum Gasteiger partial charge on any atom is 0.0601 e. The third kappa shape index (κ3) is 2.01. The highest BCUT2D eigenvalue weighted by molar-refractivity contribution is 4.91. The van der Waals surface area contributed by atoms with E-state index in [1.54, 1.807) is 0 Å². The molecule has 0 atom stereocenters. The fraction of sp³-hybridized carbons (Fsp3) is 1.00. The molecule has 0 aromatic heterocycles. The van der Waals surface area contributed by atoms with Gasteiger partial charge in [-0.2, -0.15) is 0 Å². The summed E-state index contributed by atoms with van der Waals surface area (Å²) in [5.41, 5.74) is 0. The third-order valence-electron chi connectivity index (χ3n) is 4.86. The van der Waals surface area contributed by atoms with Gasteiger partial charge in [0.25, 0.3) is 0 Å². The molecule has 3 nitrogen and oxygen atoms in total. The average Bonchev–Trinajstić information content (AvgIpc) is 2.16. The molecule has 0 radical (unpaired) electrons. The van der Waals surface area contributed by atoms with Crippen molar-refractivity contribution in [2.45, 2.75) is 50.3 Å². The summed E-state index contributed by atoms with van der Waals surface area (Å²) < 4.78 is 5.36. The Kier molecular flexibility index (Phi) is 3.18. The zero-order chi connectivity index (χ0) is 11.0. The molecule has 0 amide bonds. The van der Waals surface area contributed by atoms with Crippen LogP contribution in [0, 0.1) is 0 Å². The molecule has 1 saturated heterocycles. The number of ether oxygens (including phenoxy) is 1. The highest BCUT2D eigenvalue weighted by Crippen LogP contribution is 2.30. The molecule has 2 saturated carbocycles. The molecule has 3 heteroatoms. The van der Waals surface area contributed by atoms with Gasteiger partial charge >= 0.3 is 0 Å². The average molecular weight is 224 g/mol. The van der Waals surface area contributed by atoms with Crippen LogP contribution in [0.5, 0.6) is 0 Å². The quantitative estimate of drug-likeness (QED) is 0.719. The fourth-order valence-corrected chi connectivity index (χ4v) is 3.25. The van der Waals surface area contributed by atoms with Crippen molar-refractivity contribution in [3.05, 3.63) is 0 Å². The summed E-state index contributed by atoms with van der Waals surface area (Å²) in [5.74, 6) is 0. The Balaban J connectivity index is 1.41. The van der Waals surface area contributed by atoms with Gasteiger partial charge in [0.2, 0.25) is 0 Å². The first kappa shape index (κ1) is 11.0. The second-order valence-corrected chi connectivity index (χ2v) is 5.64. The van der Waals surface area contributed by atoms with E-state index in [4.69, 9.17) is 4.74 Å². The van der Waals surface area contributed by atoms with E-state index in [1.807, 2.05) is 7.11 Å². The first-order valence-corrected chi connectivity index (χ1v) is 6.87. The van der Waals surface area contributed by atoms with E-state index in [9.17, 15) is 0 Å². The summed E-state index contributed by atoms with van der Waals surface area (Å²) in [5, 5.41) is 0. The zero-order valence-corrected chi connectivity index (χ0v) is 10.4. The van der Waals surface area contributed by atoms with Crippen LogP contribution in [0.4, 0.5) is 0 Å². The van der Waals surface area contributed by atoms with Crippen LogP contribution < -0.4 is 0 Å². The Hall–Kier alpha value is -0.120. The maximum atomic E-state index is 5.36. The number of nitrogens with zero attached hydrogens (tertiary/aromatic N) is 2. The van der Waals surface area contributed by atoms with Crippen LogP contribution in [0.3, 0.4) is 0 Å². The van der Waals surface area contributed by atoms with Crippen molar-refractivity contribution in [1.82, 2.24) is 9.80 Å². The van der Waals surface area contributed by atoms with Gasteiger partial charge in [-0.1, -0.05) is 6.42 Å². The van der Waals surface area contributed by atoms with Crippen LogP contribution in [-0.2, 0) is 4.74 Å². The Bertz CT molecular complexity index is 228. The van der Waals surface area contributed by atoms with Gasteiger partial charge in [-0.05, 0) is 25.7 Å². The monoisotopic (exact) mass is 224 g/mol. The number of rotatable bonds is 3. The van der Waals surface area contributed by atoms with E-state index in [-0.39, 0.29) is 0 Å². The Morgan fingerprint density at radius 2 is 1.44 bits per heavy atom. The molecular weight excluding hydrogens is 200 g/mol. The molecule has 0 aromatic carbocycles. The summed E-state index contributed by atoms with van der Waals surface area (Å²) in [6.07, 6.45) is 7.45. The minimum atomic E-state index is 0.551. The number of methoxy groups -OCH3 is 1. The minimum absolute atomic E-state index is 0.551. The Morgan fingerprint density at radius 3 is 1.88 bits per heavy atom. The van der Waals surface area contributed by atoms with E-state index in [2.05, 4.69) is 9.80 Å². The minimum Gasteiger partial charge on any atom is -0.381 e. The number of hydrogen-bond acceptors (Lipinski definition) is 3. The van der Waals surface area contributed by atoms with E-state index >= 15 is 0 Å². The normalized spacial score (nSPS) is 38.1. The second kappa shape index (κ2) is 4.63. The molecule has 3 rings (SSSR count). The molecule has 0 aromatic rings. The Labute approximate surface area is 98.7 Å². The molecule has 16 heavy (non-hydrogen) atoms. The zero-order valence-electron chi connectivity index (χ0n) is 10.4. The summed E-state index contributed by atoms with van der Waals surface area (Å²) in [6.45, 7) is 5.19. The summed E-state index contributed by atoms with van der Waals surface area (Å²) in [6, 6.07) is 1.77. The SMILES string of the molecule is COC1CC(N2CCN(C3CCC3)CC2)C1. The van der Waals surface area contributed by atoms with Crippen molar-refractivity contribution in [2.75, 3.05) is 33.3 Å². The molecule has 3 fully saturated rings. The first-order valence-electron chi connectivity index (χ1n) is 6.87. The van der Waals surface area contributed by atoms with Gasteiger partial charge in [0.15, 0.2) is 0 Å². The molecule has 0 N–H and O–H groups in total. The van der Waals surface area contributed by atoms with Crippen molar-refractivity contribution < 1.29 is 4.74 Å². The summed E-state index contributed by atoms with van der Waals surface area (Å²) in [4.78, 5) is 5.40. The molecule has 1 heterocycles. The molecule has 0 unspecified atom stereocenters. The Morgan fingerprint density at radius 1 is 0.875 bits per heavy atom. The summed E-state index contributed by atoms with van der Waals surface area (Å²) >= 11 is 0. The van der Waals surface area contributed by atoms with Gasteiger partial charge in [-0.25, -0.2) is 0 Å². The maximum absolute atomic E-state index is 5.36. The lowest BCUT2D eigenvalue weighted by atomic mass is 9.87. The van der Waals surface area contributed by atoms with Crippen molar-refractivity contribution >= 4 is 0 Å². The largest absolute Gasteiger partial charge is 0.381 e. The predicted octanol–water partition coefficient (Wildman–Crippen LogP) is 1.33. The van der Waals surface area contributed by atoms with Crippen molar-refractivity contribution in [3.8, 4) is 0 Å². The van der Waals surface area contributed by atoms with Crippen LogP contribution >= 0.6 is 0 Å². The first-order chi connectivity index (χ1) is 7.86.